The molecule has 0 aromatic carbocycles. The second-order valence-electron chi connectivity index (χ2n) is 5.61. The Bertz CT molecular complexity index is 472. The molecule has 2 amide bonds. The van der Waals surface area contributed by atoms with Crippen LogP contribution in [0.4, 0.5) is 0 Å². The average molecular weight is 292 g/mol. The maximum Gasteiger partial charge on any atom is 0.254 e. The van der Waals surface area contributed by atoms with Crippen molar-refractivity contribution in [2.45, 2.75) is 25.7 Å². The van der Waals surface area contributed by atoms with Crippen LogP contribution in [0.25, 0.3) is 0 Å². The van der Waals surface area contributed by atoms with Crippen LogP contribution < -0.4 is 0 Å². The summed E-state index contributed by atoms with van der Waals surface area (Å²) in [4.78, 5) is 28.4. The molecule has 2 fully saturated rings. The smallest absolute Gasteiger partial charge is 0.254 e. The molecule has 2 aliphatic heterocycles. The molecular formula is C15H20N2O2S. The van der Waals surface area contributed by atoms with Gasteiger partial charge in [0, 0.05) is 37.5 Å². The third-order valence-electron chi connectivity index (χ3n) is 4.32. The van der Waals surface area contributed by atoms with Crippen molar-refractivity contribution in [3.05, 3.63) is 22.4 Å². The summed E-state index contributed by atoms with van der Waals surface area (Å²) in [6, 6.07) is 1.87. The number of piperidine rings is 1. The lowest BCUT2D eigenvalue weighted by molar-refractivity contribution is -0.135. The molecule has 0 aliphatic carbocycles. The normalized spacial score (nSPS) is 20.4. The minimum Gasteiger partial charge on any atom is -0.342 e. The van der Waals surface area contributed by atoms with Crippen LogP contribution in [-0.4, -0.2) is 47.8 Å². The van der Waals surface area contributed by atoms with Crippen molar-refractivity contribution in [1.29, 1.82) is 0 Å². The Balaban J connectivity index is 1.54. The molecule has 0 spiro atoms. The monoisotopic (exact) mass is 292 g/mol. The Morgan fingerprint density at radius 2 is 1.75 bits per heavy atom. The van der Waals surface area contributed by atoms with Gasteiger partial charge in [0.25, 0.3) is 5.91 Å². The quantitative estimate of drug-likeness (QED) is 0.838. The molecule has 3 heterocycles. The van der Waals surface area contributed by atoms with Gasteiger partial charge in [0.15, 0.2) is 0 Å². The Morgan fingerprint density at radius 3 is 2.35 bits per heavy atom. The molecule has 2 aliphatic rings. The number of amides is 2. The highest BCUT2D eigenvalue weighted by atomic mass is 32.1. The van der Waals surface area contributed by atoms with Crippen LogP contribution in [0, 0.1) is 5.92 Å². The fraction of sp³-hybridized carbons (Fsp3) is 0.600. The summed E-state index contributed by atoms with van der Waals surface area (Å²) in [5, 5.41) is 3.82. The van der Waals surface area contributed by atoms with E-state index in [1.165, 1.54) is 0 Å². The molecule has 5 heteroatoms. The van der Waals surface area contributed by atoms with E-state index in [1.54, 1.807) is 11.3 Å². The van der Waals surface area contributed by atoms with Gasteiger partial charge in [-0.15, -0.1) is 0 Å². The van der Waals surface area contributed by atoms with Crippen LogP contribution in [0.3, 0.4) is 0 Å². The van der Waals surface area contributed by atoms with Crippen molar-refractivity contribution in [2.75, 3.05) is 26.2 Å². The number of carbonyl (C=O) groups is 2. The highest BCUT2D eigenvalue weighted by Crippen LogP contribution is 2.23. The fourth-order valence-corrected chi connectivity index (χ4v) is 3.72. The van der Waals surface area contributed by atoms with Gasteiger partial charge in [-0.1, -0.05) is 0 Å². The van der Waals surface area contributed by atoms with Gasteiger partial charge in [0.05, 0.1) is 5.56 Å². The van der Waals surface area contributed by atoms with E-state index in [-0.39, 0.29) is 11.8 Å². The Hall–Kier alpha value is -1.36. The van der Waals surface area contributed by atoms with Gasteiger partial charge in [-0.3, -0.25) is 9.59 Å². The summed E-state index contributed by atoms with van der Waals surface area (Å²) < 4.78 is 0. The average Bonchev–Trinajstić information content (AvgIpc) is 3.18. The van der Waals surface area contributed by atoms with E-state index in [4.69, 9.17) is 0 Å². The van der Waals surface area contributed by atoms with Crippen LogP contribution in [0.1, 0.15) is 36.0 Å². The zero-order valence-electron chi connectivity index (χ0n) is 11.6. The Kier molecular flexibility index (Phi) is 4.05. The van der Waals surface area contributed by atoms with E-state index < -0.39 is 0 Å². The van der Waals surface area contributed by atoms with Crippen molar-refractivity contribution in [2.24, 2.45) is 5.92 Å². The van der Waals surface area contributed by atoms with Crippen molar-refractivity contribution < 1.29 is 9.59 Å². The van der Waals surface area contributed by atoms with Gasteiger partial charge in [-0.25, -0.2) is 0 Å². The molecular weight excluding hydrogens is 272 g/mol. The van der Waals surface area contributed by atoms with Gasteiger partial charge in [-0.2, -0.15) is 11.3 Å². The second kappa shape index (κ2) is 5.95. The van der Waals surface area contributed by atoms with Gasteiger partial charge < -0.3 is 9.80 Å². The SMILES string of the molecule is O=C(c1ccsc1)N1CCC(C(=O)N2CCCC2)CC1. The largest absolute Gasteiger partial charge is 0.342 e. The maximum absolute atomic E-state index is 12.3. The van der Waals surface area contributed by atoms with Gasteiger partial charge in [0.2, 0.25) is 5.91 Å². The molecule has 4 nitrogen and oxygen atoms in total. The number of hydrogen-bond acceptors (Lipinski definition) is 3. The number of nitrogens with zero attached hydrogens (tertiary/aromatic N) is 2. The van der Waals surface area contributed by atoms with Crippen molar-refractivity contribution in [3.8, 4) is 0 Å². The van der Waals surface area contributed by atoms with Crippen LogP contribution in [0.2, 0.25) is 0 Å². The van der Waals surface area contributed by atoms with E-state index in [0.717, 1.165) is 44.3 Å². The Labute approximate surface area is 123 Å². The van der Waals surface area contributed by atoms with Crippen LogP contribution in [0.5, 0.6) is 0 Å². The molecule has 108 valence electrons. The number of likely N-dealkylation sites (tertiary alicyclic amines) is 2. The highest BCUT2D eigenvalue weighted by Gasteiger charge is 2.31. The first-order valence-electron chi connectivity index (χ1n) is 7.36. The van der Waals surface area contributed by atoms with Gasteiger partial charge >= 0.3 is 0 Å². The van der Waals surface area contributed by atoms with Gasteiger partial charge in [-0.05, 0) is 37.1 Å². The van der Waals surface area contributed by atoms with E-state index in [9.17, 15) is 9.59 Å². The van der Waals surface area contributed by atoms with Crippen LogP contribution >= 0.6 is 11.3 Å². The van der Waals surface area contributed by atoms with Crippen molar-refractivity contribution in [3.63, 3.8) is 0 Å². The molecule has 1 aromatic heterocycles. The fourth-order valence-electron chi connectivity index (χ4n) is 3.09. The lowest BCUT2D eigenvalue weighted by Gasteiger charge is -2.33. The first-order valence-corrected chi connectivity index (χ1v) is 8.30. The second-order valence-corrected chi connectivity index (χ2v) is 6.39. The number of thiophene rings is 1. The summed E-state index contributed by atoms with van der Waals surface area (Å²) in [5.74, 6) is 0.545. The zero-order chi connectivity index (χ0) is 13.9. The summed E-state index contributed by atoms with van der Waals surface area (Å²) in [6.07, 6.45) is 3.90. The summed E-state index contributed by atoms with van der Waals surface area (Å²) in [5.41, 5.74) is 0.777. The molecule has 0 bridgehead atoms. The molecule has 1 aromatic rings. The molecule has 0 saturated carbocycles. The van der Waals surface area contributed by atoms with Crippen molar-refractivity contribution in [1.82, 2.24) is 9.80 Å². The third-order valence-corrected chi connectivity index (χ3v) is 5.00. The minimum absolute atomic E-state index is 0.110. The summed E-state index contributed by atoms with van der Waals surface area (Å²) in [7, 11) is 0. The minimum atomic E-state index is 0.110. The standard InChI is InChI=1S/C15H20N2O2S/c18-14(16-6-1-2-7-16)12-3-8-17(9-4-12)15(19)13-5-10-20-11-13/h5,10-12H,1-4,6-9H2. The number of rotatable bonds is 2. The predicted molar refractivity (Wildman–Crippen MR) is 78.8 cm³/mol. The topological polar surface area (TPSA) is 40.6 Å². The van der Waals surface area contributed by atoms with Crippen LogP contribution in [0.15, 0.2) is 16.8 Å². The van der Waals surface area contributed by atoms with Gasteiger partial charge in [0.1, 0.15) is 0 Å². The summed E-state index contributed by atoms with van der Waals surface area (Å²) in [6.45, 7) is 3.26. The van der Waals surface area contributed by atoms with E-state index in [2.05, 4.69) is 0 Å². The predicted octanol–water partition coefficient (Wildman–Crippen LogP) is 2.22. The van der Waals surface area contributed by atoms with Crippen LogP contribution in [-0.2, 0) is 4.79 Å². The molecule has 20 heavy (non-hydrogen) atoms. The molecule has 2 saturated heterocycles. The number of hydrogen-bond donors (Lipinski definition) is 0. The summed E-state index contributed by atoms with van der Waals surface area (Å²) >= 11 is 1.55. The van der Waals surface area contributed by atoms with E-state index in [1.807, 2.05) is 26.6 Å². The van der Waals surface area contributed by atoms with E-state index in [0.29, 0.717) is 19.0 Å². The first-order chi connectivity index (χ1) is 9.75. The lowest BCUT2D eigenvalue weighted by atomic mass is 9.95. The lowest BCUT2D eigenvalue weighted by Crippen LogP contribution is -2.43. The molecule has 0 N–H and O–H groups in total. The Morgan fingerprint density at radius 1 is 1.05 bits per heavy atom. The maximum atomic E-state index is 12.3. The van der Waals surface area contributed by atoms with E-state index >= 15 is 0 Å². The first kappa shape index (κ1) is 13.6. The molecule has 0 atom stereocenters. The zero-order valence-corrected chi connectivity index (χ0v) is 12.4. The third kappa shape index (κ3) is 2.73. The van der Waals surface area contributed by atoms with Crippen molar-refractivity contribution >= 4 is 23.2 Å². The number of carbonyl (C=O) groups excluding carboxylic acids is 2. The molecule has 3 rings (SSSR count). The molecule has 0 radical (unpaired) electrons. The highest BCUT2D eigenvalue weighted by molar-refractivity contribution is 7.08. The molecule has 0 unspecified atom stereocenters.